The molecule has 0 fully saturated rings. The fraction of sp³-hybridized carbons (Fsp3) is 0.500. The van der Waals surface area contributed by atoms with Gasteiger partial charge in [-0.25, -0.2) is 0 Å². The number of carbonyl (C=O) groups excluding carboxylic acids is 1. The molecule has 0 radical (unpaired) electrons. The number of carboxylic acid groups (broad SMARTS) is 1. The molecule has 7 nitrogen and oxygen atoms in total. The number of benzene rings is 1. The van der Waals surface area contributed by atoms with Crippen LogP contribution in [-0.4, -0.2) is 42.4 Å². The summed E-state index contributed by atoms with van der Waals surface area (Å²) in [6.45, 7) is 3.59. The van der Waals surface area contributed by atoms with Crippen LogP contribution in [0.2, 0.25) is 0 Å². The average molecular weight is 357 g/mol. The van der Waals surface area contributed by atoms with Gasteiger partial charge in [0.15, 0.2) is 0 Å². The topological polar surface area (TPSA) is 102 Å². The summed E-state index contributed by atoms with van der Waals surface area (Å²) in [6.07, 6.45) is -0.0333. The van der Waals surface area contributed by atoms with Gasteiger partial charge in [-0.1, -0.05) is 30.3 Å². The SMILES string of the molecule is CCOP(=O)(OCC)[C@H](Cc1ccccc1)C(=O)NCCC(=O)O. The molecule has 0 saturated carbocycles. The van der Waals surface area contributed by atoms with E-state index in [2.05, 4.69) is 5.32 Å². The van der Waals surface area contributed by atoms with Crippen molar-refractivity contribution in [1.82, 2.24) is 5.32 Å². The summed E-state index contributed by atoms with van der Waals surface area (Å²) in [5.41, 5.74) is -0.218. The second-order valence-corrected chi connectivity index (χ2v) is 7.24. The molecule has 1 amide bonds. The van der Waals surface area contributed by atoms with E-state index in [1.807, 2.05) is 30.3 Å². The minimum atomic E-state index is -3.67. The van der Waals surface area contributed by atoms with Gasteiger partial charge in [-0.3, -0.25) is 14.2 Å². The van der Waals surface area contributed by atoms with E-state index >= 15 is 0 Å². The maximum Gasteiger partial charge on any atom is 0.343 e. The highest BCUT2D eigenvalue weighted by Gasteiger charge is 2.40. The summed E-state index contributed by atoms with van der Waals surface area (Å²) in [6, 6.07) is 9.12. The van der Waals surface area contributed by atoms with Crippen LogP contribution < -0.4 is 5.32 Å². The largest absolute Gasteiger partial charge is 0.481 e. The first-order valence-corrected chi connectivity index (χ1v) is 9.46. The van der Waals surface area contributed by atoms with E-state index in [0.29, 0.717) is 0 Å². The monoisotopic (exact) mass is 357 g/mol. The van der Waals surface area contributed by atoms with E-state index in [0.717, 1.165) is 5.56 Å². The molecular formula is C16H24NO6P. The summed E-state index contributed by atoms with van der Waals surface area (Å²) in [5, 5.41) is 11.2. The Balaban J connectivity index is 2.98. The summed E-state index contributed by atoms with van der Waals surface area (Å²) < 4.78 is 23.7. The average Bonchev–Trinajstić information content (AvgIpc) is 2.53. The number of carbonyl (C=O) groups is 2. The number of nitrogens with one attached hydrogen (secondary N) is 1. The van der Waals surface area contributed by atoms with Gasteiger partial charge in [0.1, 0.15) is 5.66 Å². The maximum absolute atomic E-state index is 13.0. The van der Waals surface area contributed by atoms with Gasteiger partial charge in [0.25, 0.3) is 0 Å². The molecule has 0 bridgehead atoms. The Morgan fingerprint density at radius 1 is 1.17 bits per heavy atom. The molecule has 0 spiro atoms. The number of hydrogen-bond donors (Lipinski definition) is 2. The molecule has 0 saturated heterocycles. The van der Waals surface area contributed by atoms with Gasteiger partial charge in [-0.2, -0.15) is 0 Å². The third kappa shape index (κ3) is 6.43. The first-order chi connectivity index (χ1) is 11.4. The summed E-state index contributed by atoms with van der Waals surface area (Å²) in [5.74, 6) is -1.56. The van der Waals surface area contributed by atoms with Crippen LogP contribution in [0.1, 0.15) is 25.8 Å². The van der Waals surface area contributed by atoms with E-state index in [-0.39, 0.29) is 32.6 Å². The van der Waals surface area contributed by atoms with Crippen molar-refractivity contribution in [3.05, 3.63) is 35.9 Å². The molecule has 0 aliphatic rings. The second kappa shape index (κ2) is 10.2. The number of amides is 1. The Morgan fingerprint density at radius 3 is 2.25 bits per heavy atom. The van der Waals surface area contributed by atoms with Gasteiger partial charge in [-0.15, -0.1) is 0 Å². The summed E-state index contributed by atoms with van der Waals surface area (Å²) >= 11 is 0. The van der Waals surface area contributed by atoms with E-state index < -0.39 is 25.1 Å². The number of carboxylic acids is 1. The highest BCUT2D eigenvalue weighted by molar-refractivity contribution is 7.55. The molecule has 2 N–H and O–H groups in total. The fourth-order valence-electron chi connectivity index (χ4n) is 2.17. The Morgan fingerprint density at radius 2 is 1.75 bits per heavy atom. The number of aliphatic carboxylic acids is 1. The van der Waals surface area contributed by atoms with E-state index in [9.17, 15) is 14.2 Å². The molecular weight excluding hydrogens is 333 g/mol. The third-order valence-corrected chi connectivity index (χ3v) is 5.63. The second-order valence-electron chi connectivity index (χ2n) is 5.02. The van der Waals surface area contributed by atoms with Crippen LogP contribution in [0.5, 0.6) is 0 Å². The normalized spacial score (nSPS) is 12.6. The van der Waals surface area contributed by atoms with Gasteiger partial charge < -0.3 is 19.5 Å². The molecule has 0 aliphatic heterocycles. The zero-order valence-electron chi connectivity index (χ0n) is 13.9. The van der Waals surface area contributed by atoms with Gasteiger partial charge in [-0.05, 0) is 25.8 Å². The molecule has 8 heteroatoms. The standard InChI is InChI=1S/C16H24NO6P/c1-3-22-24(21,23-4-2)14(12-13-8-6-5-7-9-13)16(20)17-11-10-15(18)19/h5-9,14H,3-4,10-12H2,1-2H3,(H,17,20)(H,18,19)/t14-/m1/s1. The summed E-state index contributed by atoms with van der Waals surface area (Å²) in [7, 11) is -3.67. The molecule has 24 heavy (non-hydrogen) atoms. The van der Waals surface area contributed by atoms with Crippen LogP contribution in [0.25, 0.3) is 0 Å². The van der Waals surface area contributed by atoms with Crippen molar-refractivity contribution in [1.29, 1.82) is 0 Å². The molecule has 1 atom stereocenters. The first-order valence-electron chi connectivity index (χ1n) is 7.85. The highest BCUT2D eigenvalue weighted by Crippen LogP contribution is 2.54. The maximum atomic E-state index is 13.0. The molecule has 1 aromatic carbocycles. The third-order valence-electron chi connectivity index (χ3n) is 3.21. The predicted molar refractivity (Wildman–Crippen MR) is 90.1 cm³/mol. The van der Waals surface area contributed by atoms with Crippen molar-refractivity contribution in [3.8, 4) is 0 Å². The van der Waals surface area contributed by atoms with Crippen LogP contribution in [0.4, 0.5) is 0 Å². The zero-order valence-corrected chi connectivity index (χ0v) is 14.8. The van der Waals surface area contributed by atoms with Crippen LogP contribution in [0.15, 0.2) is 30.3 Å². The van der Waals surface area contributed by atoms with E-state index in [1.165, 1.54) is 0 Å². The van der Waals surface area contributed by atoms with Crippen molar-refractivity contribution in [2.75, 3.05) is 19.8 Å². The molecule has 0 heterocycles. The minimum absolute atomic E-state index is 0.0439. The molecule has 0 unspecified atom stereocenters. The zero-order chi connectivity index (χ0) is 18.0. The molecule has 1 rings (SSSR count). The van der Waals surface area contributed by atoms with Crippen LogP contribution in [-0.2, 0) is 29.6 Å². The Kier molecular flexibility index (Phi) is 8.68. The molecule has 0 aliphatic carbocycles. The minimum Gasteiger partial charge on any atom is -0.481 e. The van der Waals surface area contributed by atoms with Gasteiger partial charge >= 0.3 is 13.6 Å². The molecule has 134 valence electrons. The van der Waals surface area contributed by atoms with Crippen molar-refractivity contribution in [2.45, 2.75) is 32.3 Å². The Bertz CT molecular complexity index is 567. The fourth-order valence-corrected chi connectivity index (χ4v) is 4.14. The van der Waals surface area contributed by atoms with Crippen molar-refractivity contribution in [2.24, 2.45) is 0 Å². The predicted octanol–water partition coefficient (Wildman–Crippen LogP) is 2.45. The lowest BCUT2D eigenvalue weighted by molar-refractivity contribution is -0.136. The molecule has 0 aromatic heterocycles. The van der Waals surface area contributed by atoms with Gasteiger partial charge in [0.05, 0.1) is 19.6 Å². The number of hydrogen-bond acceptors (Lipinski definition) is 5. The smallest absolute Gasteiger partial charge is 0.343 e. The van der Waals surface area contributed by atoms with Gasteiger partial charge in [0.2, 0.25) is 5.91 Å². The summed E-state index contributed by atoms with van der Waals surface area (Å²) in [4.78, 5) is 23.1. The quantitative estimate of drug-likeness (QED) is 0.590. The lowest BCUT2D eigenvalue weighted by atomic mass is 10.1. The van der Waals surface area contributed by atoms with Crippen molar-refractivity contribution >= 4 is 19.5 Å². The first kappa shape index (κ1) is 20.4. The van der Waals surface area contributed by atoms with Crippen LogP contribution in [0, 0.1) is 0 Å². The van der Waals surface area contributed by atoms with E-state index in [4.69, 9.17) is 14.2 Å². The number of rotatable bonds is 11. The van der Waals surface area contributed by atoms with Gasteiger partial charge in [0, 0.05) is 6.54 Å². The van der Waals surface area contributed by atoms with Crippen molar-refractivity contribution < 1.29 is 28.3 Å². The van der Waals surface area contributed by atoms with Crippen LogP contribution >= 0.6 is 7.60 Å². The highest BCUT2D eigenvalue weighted by atomic mass is 31.2. The van der Waals surface area contributed by atoms with E-state index in [1.54, 1.807) is 13.8 Å². The lowest BCUT2D eigenvalue weighted by Gasteiger charge is -2.25. The lowest BCUT2D eigenvalue weighted by Crippen LogP contribution is -2.38. The molecule has 1 aromatic rings. The van der Waals surface area contributed by atoms with Crippen molar-refractivity contribution in [3.63, 3.8) is 0 Å². The van der Waals surface area contributed by atoms with Crippen LogP contribution in [0.3, 0.4) is 0 Å². The Labute approximate surface area is 141 Å². The Hall–Kier alpha value is -1.69.